The smallest absolute Gasteiger partial charge is 0.291 e. The molecule has 0 aliphatic carbocycles. The predicted molar refractivity (Wildman–Crippen MR) is 129 cm³/mol. The van der Waals surface area contributed by atoms with Gasteiger partial charge in [0, 0.05) is 11.1 Å². The predicted octanol–water partition coefficient (Wildman–Crippen LogP) is 3.73. The van der Waals surface area contributed by atoms with E-state index in [2.05, 4.69) is 10.1 Å². The standard InChI is InChI=1S/C26H17FN4O2S/c1-15-6-2-3-7-18(15)23-28-26-31(29-23)25(33)22(34-26)21-19-8-4-5-9-20(19)30(24(21)32)14-16-10-12-17(27)13-11-16/h2-13H,14H2,1H3. The molecule has 6 rings (SSSR count). The minimum atomic E-state index is -0.367. The van der Waals surface area contributed by atoms with Crippen LogP contribution in [0.25, 0.3) is 21.9 Å². The van der Waals surface area contributed by atoms with Gasteiger partial charge < -0.3 is 4.90 Å². The molecule has 8 heteroatoms. The molecule has 1 aliphatic rings. The van der Waals surface area contributed by atoms with Gasteiger partial charge in [-0.2, -0.15) is 9.50 Å². The van der Waals surface area contributed by atoms with E-state index in [4.69, 9.17) is 0 Å². The summed E-state index contributed by atoms with van der Waals surface area (Å²) in [7, 11) is 0. The van der Waals surface area contributed by atoms with Crippen molar-refractivity contribution in [2.75, 3.05) is 4.90 Å². The zero-order valence-electron chi connectivity index (χ0n) is 18.0. The number of carbonyl (C=O) groups is 1. The molecule has 0 N–H and O–H groups in total. The quantitative estimate of drug-likeness (QED) is 0.405. The second kappa shape index (κ2) is 7.71. The van der Waals surface area contributed by atoms with E-state index in [1.165, 1.54) is 16.6 Å². The van der Waals surface area contributed by atoms with Crippen LogP contribution < -0.4 is 15.0 Å². The number of benzene rings is 3. The zero-order chi connectivity index (χ0) is 23.4. The van der Waals surface area contributed by atoms with Crippen LogP contribution in [0.1, 0.15) is 16.7 Å². The Kier molecular flexibility index (Phi) is 4.63. The fourth-order valence-electron chi connectivity index (χ4n) is 4.25. The molecule has 0 bridgehead atoms. The summed E-state index contributed by atoms with van der Waals surface area (Å²) in [5.41, 5.74) is 4.05. The van der Waals surface area contributed by atoms with E-state index in [0.29, 0.717) is 32.1 Å². The molecule has 0 unspecified atom stereocenters. The largest absolute Gasteiger partial charge is 0.303 e. The Morgan fingerprint density at radius 1 is 0.912 bits per heavy atom. The van der Waals surface area contributed by atoms with Gasteiger partial charge in [-0.1, -0.05) is 65.9 Å². The molecule has 0 spiro atoms. The second-order valence-corrected chi connectivity index (χ2v) is 9.07. The normalized spacial score (nSPS) is 14.8. The van der Waals surface area contributed by atoms with Crippen LogP contribution in [-0.2, 0) is 11.3 Å². The van der Waals surface area contributed by atoms with E-state index in [1.54, 1.807) is 17.0 Å². The molecule has 5 aromatic rings. The van der Waals surface area contributed by atoms with E-state index in [-0.39, 0.29) is 23.8 Å². The molecular formula is C26H17FN4O2S. The van der Waals surface area contributed by atoms with Crippen LogP contribution >= 0.6 is 11.3 Å². The number of carbonyl (C=O) groups excluding carboxylic acids is 1. The Morgan fingerprint density at radius 2 is 1.62 bits per heavy atom. The number of aryl methyl sites for hydroxylation is 1. The first-order chi connectivity index (χ1) is 16.5. The number of fused-ring (bicyclic) bond motifs is 2. The van der Waals surface area contributed by atoms with Crippen LogP contribution in [0.5, 0.6) is 0 Å². The van der Waals surface area contributed by atoms with Crippen LogP contribution in [0.3, 0.4) is 0 Å². The number of hydrogen-bond donors (Lipinski definition) is 0. The Bertz CT molecular complexity index is 1710. The first-order valence-electron chi connectivity index (χ1n) is 10.7. The monoisotopic (exact) mass is 468 g/mol. The van der Waals surface area contributed by atoms with Gasteiger partial charge in [0.05, 0.1) is 17.8 Å². The van der Waals surface area contributed by atoms with Crippen molar-refractivity contribution in [1.29, 1.82) is 0 Å². The van der Waals surface area contributed by atoms with E-state index >= 15 is 0 Å². The number of anilines is 1. The van der Waals surface area contributed by atoms with Gasteiger partial charge in [0.2, 0.25) is 4.96 Å². The maximum Gasteiger partial charge on any atom is 0.291 e. The lowest BCUT2D eigenvalue weighted by atomic mass is 10.1. The van der Waals surface area contributed by atoms with Crippen molar-refractivity contribution in [2.24, 2.45) is 0 Å². The molecule has 2 aromatic heterocycles. The summed E-state index contributed by atoms with van der Waals surface area (Å²) in [5, 5.41) is 4.44. The van der Waals surface area contributed by atoms with Gasteiger partial charge >= 0.3 is 0 Å². The van der Waals surface area contributed by atoms with E-state index in [1.807, 2.05) is 55.5 Å². The molecule has 0 atom stereocenters. The molecule has 0 radical (unpaired) electrons. The van der Waals surface area contributed by atoms with Crippen LogP contribution in [0.4, 0.5) is 10.1 Å². The molecule has 6 nitrogen and oxygen atoms in total. The fourth-order valence-corrected chi connectivity index (χ4v) is 5.25. The summed E-state index contributed by atoms with van der Waals surface area (Å²) in [6.07, 6.45) is 0. The van der Waals surface area contributed by atoms with Gasteiger partial charge in [-0.25, -0.2) is 4.39 Å². The minimum Gasteiger partial charge on any atom is -0.303 e. The summed E-state index contributed by atoms with van der Waals surface area (Å²) in [4.78, 5) is 33.5. The Balaban J connectivity index is 1.50. The maximum atomic E-state index is 13.6. The van der Waals surface area contributed by atoms with Crippen molar-refractivity contribution in [3.05, 3.63) is 110 Å². The Hall–Kier alpha value is -4.17. The number of hydrogen-bond acceptors (Lipinski definition) is 5. The number of halogens is 1. The average molecular weight is 469 g/mol. The molecule has 0 saturated carbocycles. The lowest BCUT2D eigenvalue weighted by Gasteiger charge is -2.17. The number of thiazole rings is 1. The van der Waals surface area contributed by atoms with Crippen LogP contribution in [0, 0.1) is 12.7 Å². The first kappa shape index (κ1) is 20.4. The van der Waals surface area contributed by atoms with Crippen molar-refractivity contribution >= 4 is 33.5 Å². The average Bonchev–Trinajstić information content (AvgIpc) is 3.47. The van der Waals surface area contributed by atoms with Gasteiger partial charge in [0.15, 0.2) is 5.82 Å². The lowest BCUT2D eigenvalue weighted by Crippen LogP contribution is -2.32. The van der Waals surface area contributed by atoms with E-state index in [0.717, 1.165) is 28.0 Å². The molecule has 3 heterocycles. The van der Waals surface area contributed by atoms with Crippen LogP contribution in [0.15, 0.2) is 77.6 Å². The number of amides is 1. The van der Waals surface area contributed by atoms with Crippen molar-refractivity contribution < 1.29 is 9.18 Å². The highest BCUT2D eigenvalue weighted by molar-refractivity contribution is 7.15. The molecule has 166 valence electrons. The molecule has 0 fully saturated rings. The van der Waals surface area contributed by atoms with Crippen LogP contribution in [-0.4, -0.2) is 20.5 Å². The molecule has 3 aromatic carbocycles. The molecule has 1 aliphatic heterocycles. The highest BCUT2D eigenvalue weighted by Gasteiger charge is 2.34. The third kappa shape index (κ3) is 3.14. The fraction of sp³-hybridized carbons (Fsp3) is 0.0769. The first-order valence-corrected chi connectivity index (χ1v) is 11.5. The highest BCUT2D eigenvalue weighted by Crippen LogP contribution is 2.36. The van der Waals surface area contributed by atoms with E-state index < -0.39 is 0 Å². The summed E-state index contributed by atoms with van der Waals surface area (Å²) < 4.78 is 14.9. The zero-order valence-corrected chi connectivity index (χ0v) is 18.8. The van der Waals surface area contributed by atoms with Crippen molar-refractivity contribution in [3.8, 4) is 11.4 Å². The summed E-state index contributed by atoms with van der Waals surface area (Å²) in [6.45, 7) is 2.24. The Morgan fingerprint density at radius 3 is 2.35 bits per heavy atom. The summed E-state index contributed by atoms with van der Waals surface area (Å²) >= 11 is 1.16. The maximum absolute atomic E-state index is 13.6. The third-order valence-corrected chi connectivity index (χ3v) is 6.98. The number of para-hydroxylation sites is 1. The van der Waals surface area contributed by atoms with Gasteiger partial charge in [-0.3, -0.25) is 9.59 Å². The topological polar surface area (TPSA) is 67.6 Å². The van der Waals surface area contributed by atoms with Crippen LogP contribution in [0.2, 0.25) is 0 Å². The van der Waals surface area contributed by atoms with Crippen molar-refractivity contribution in [3.63, 3.8) is 0 Å². The van der Waals surface area contributed by atoms with Gasteiger partial charge in [0.25, 0.3) is 11.5 Å². The summed E-state index contributed by atoms with van der Waals surface area (Å²) in [6, 6.07) is 21.1. The number of nitrogens with zero attached hydrogens (tertiary/aromatic N) is 4. The Labute approximate surface area is 197 Å². The molecule has 0 saturated heterocycles. The van der Waals surface area contributed by atoms with Crippen molar-refractivity contribution in [1.82, 2.24) is 14.6 Å². The van der Waals surface area contributed by atoms with Crippen molar-refractivity contribution in [2.45, 2.75) is 13.5 Å². The number of rotatable bonds is 3. The van der Waals surface area contributed by atoms with Gasteiger partial charge in [0.1, 0.15) is 10.3 Å². The highest BCUT2D eigenvalue weighted by atomic mass is 32.1. The summed E-state index contributed by atoms with van der Waals surface area (Å²) in [5.74, 6) is -0.125. The minimum absolute atomic E-state index is 0.270. The molecule has 1 amide bonds. The SMILES string of the molecule is Cc1ccccc1-c1nc2sc(=C3C(=O)N(Cc4ccc(F)cc4)c4ccccc43)c(=O)n2n1. The number of aromatic nitrogens is 3. The third-order valence-electron chi connectivity index (χ3n) is 5.95. The molecule has 34 heavy (non-hydrogen) atoms. The van der Waals surface area contributed by atoms with Gasteiger partial charge in [-0.05, 0) is 36.2 Å². The van der Waals surface area contributed by atoms with Gasteiger partial charge in [-0.15, -0.1) is 5.10 Å². The van der Waals surface area contributed by atoms with E-state index in [9.17, 15) is 14.0 Å². The molecular weight excluding hydrogens is 451 g/mol. The lowest BCUT2D eigenvalue weighted by molar-refractivity contribution is -0.113. The second-order valence-electron chi connectivity index (χ2n) is 8.09.